The van der Waals surface area contributed by atoms with Crippen molar-refractivity contribution >= 4 is 15.8 Å². The SMILES string of the molecule is Cc1c(S(=O)(=O)N(CC2CC2)C2CC2)c(N)nn1C. The Hall–Kier alpha value is -1.08. The smallest absolute Gasteiger partial charge is 0.248 e. The number of sulfonamides is 1. The van der Waals surface area contributed by atoms with Gasteiger partial charge in [-0.15, -0.1) is 0 Å². The van der Waals surface area contributed by atoms with Gasteiger partial charge >= 0.3 is 0 Å². The molecule has 1 aromatic rings. The Morgan fingerprint density at radius 1 is 1.37 bits per heavy atom. The van der Waals surface area contributed by atoms with Gasteiger partial charge in [-0.05, 0) is 38.5 Å². The Labute approximate surface area is 113 Å². The van der Waals surface area contributed by atoms with Gasteiger partial charge in [0.2, 0.25) is 10.0 Å². The molecule has 0 unspecified atom stereocenters. The Kier molecular flexibility index (Phi) is 2.86. The summed E-state index contributed by atoms with van der Waals surface area (Å²) in [7, 11) is -1.79. The van der Waals surface area contributed by atoms with E-state index in [1.54, 1.807) is 18.3 Å². The highest BCUT2D eigenvalue weighted by atomic mass is 32.2. The molecule has 1 aromatic heterocycles. The Balaban J connectivity index is 1.99. The molecule has 3 rings (SSSR count). The zero-order valence-electron chi connectivity index (χ0n) is 11.3. The van der Waals surface area contributed by atoms with Gasteiger partial charge in [-0.25, -0.2) is 8.42 Å². The topological polar surface area (TPSA) is 81.2 Å². The van der Waals surface area contributed by atoms with Gasteiger partial charge in [0.25, 0.3) is 0 Å². The summed E-state index contributed by atoms with van der Waals surface area (Å²) >= 11 is 0. The number of anilines is 1. The molecule has 0 atom stereocenters. The fourth-order valence-electron chi connectivity index (χ4n) is 2.41. The van der Waals surface area contributed by atoms with E-state index < -0.39 is 10.0 Å². The Morgan fingerprint density at radius 3 is 2.42 bits per heavy atom. The highest BCUT2D eigenvalue weighted by Crippen LogP contribution is 2.39. The number of rotatable bonds is 5. The molecule has 1 heterocycles. The van der Waals surface area contributed by atoms with Crippen LogP contribution in [0.25, 0.3) is 0 Å². The van der Waals surface area contributed by atoms with Gasteiger partial charge in [-0.2, -0.15) is 9.40 Å². The molecule has 0 radical (unpaired) electrons. The summed E-state index contributed by atoms with van der Waals surface area (Å²) in [6, 6.07) is 0.171. The normalized spacial score (nSPS) is 20.2. The second-order valence-electron chi connectivity index (χ2n) is 5.67. The molecule has 2 aliphatic rings. The maximum atomic E-state index is 12.8. The van der Waals surface area contributed by atoms with Crippen molar-refractivity contribution in [3.05, 3.63) is 5.69 Å². The summed E-state index contributed by atoms with van der Waals surface area (Å²) in [5.74, 6) is 0.648. The van der Waals surface area contributed by atoms with Gasteiger partial charge in [0.05, 0.1) is 5.69 Å². The summed E-state index contributed by atoms with van der Waals surface area (Å²) in [6.45, 7) is 2.39. The number of nitrogens with zero attached hydrogens (tertiary/aromatic N) is 3. The Bertz CT molecular complexity index is 599. The lowest BCUT2D eigenvalue weighted by Crippen LogP contribution is -2.35. The van der Waals surface area contributed by atoms with Crippen LogP contribution in [-0.4, -0.2) is 35.1 Å². The van der Waals surface area contributed by atoms with Gasteiger partial charge in [0.15, 0.2) is 5.82 Å². The minimum absolute atomic E-state index is 0.112. The van der Waals surface area contributed by atoms with Crippen LogP contribution in [0.2, 0.25) is 0 Å². The third-order valence-electron chi connectivity index (χ3n) is 3.96. The van der Waals surface area contributed by atoms with E-state index in [1.807, 2.05) is 0 Å². The second kappa shape index (κ2) is 4.21. The second-order valence-corrected chi connectivity index (χ2v) is 7.50. The minimum atomic E-state index is -3.51. The van der Waals surface area contributed by atoms with Crippen molar-refractivity contribution in [2.45, 2.75) is 43.5 Å². The number of aromatic nitrogens is 2. The summed E-state index contributed by atoms with van der Waals surface area (Å²) in [4.78, 5) is 0.197. The molecule has 0 aromatic carbocycles. The van der Waals surface area contributed by atoms with Crippen LogP contribution in [0, 0.1) is 12.8 Å². The highest BCUT2D eigenvalue weighted by molar-refractivity contribution is 7.89. The maximum Gasteiger partial charge on any atom is 0.248 e. The first-order chi connectivity index (χ1) is 8.91. The van der Waals surface area contributed by atoms with Crippen molar-refractivity contribution in [1.82, 2.24) is 14.1 Å². The van der Waals surface area contributed by atoms with Gasteiger partial charge in [0, 0.05) is 19.6 Å². The average Bonchev–Trinajstić information content (AvgIpc) is 3.19. The van der Waals surface area contributed by atoms with Crippen LogP contribution in [-0.2, 0) is 17.1 Å². The molecule has 0 saturated heterocycles. The monoisotopic (exact) mass is 284 g/mol. The molecule has 0 amide bonds. The molecule has 2 saturated carbocycles. The maximum absolute atomic E-state index is 12.8. The van der Waals surface area contributed by atoms with Crippen LogP contribution in [0.5, 0.6) is 0 Å². The van der Waals surface area contributed by atoms with E-state index in [1.165, 1.54) is 4.68 Å². The van der Waals surface area contributed by atoms with Gasteiger partial charge < -0.3 is 5.73 Å². The van der Waals surface area contributed by atoms with Crippen LogP contribution in [0.3, 0.4) is 0 Å². The first-order valence-electron chi connectivity index (χ1n) is 6.72. The number of hydrogen-bond donors (Lipinski definition) is 1. The van der Waals surface area contributed by atoms with Crippen LogP contribution >= 0.6 is 0 Å². The fraction of sp³-hybridized carbons (Fsp3) is 0.750. The highest BCUT2D eigenvalue weighted by Gasteiger charge is 2.43. The Morgan fingerprint density at radius 2 is 2.00 bits per heavy atom. The van der Waals surface area contributed by atoms with E-state index in [-0.39, 0.29) is 16.8 Å². The number of aryl methyl sites for hydroxylation is 1. The zero-order chi connectivity index (χ0) is 13.8. The quantitative estimate of drug-likeness (QED) is 0.870. The van der Waals surface area contributed by atoms with Gasteiger partial charge in [-0.1, -0.05) is 0 Å². The number of nitrogens with two attached hydrogens (primary N) is 1. The summed E-state index contributed by atoms with van der Waals surface area (Å²) in [5, 5.41) is 4.02. The third-order valence-corrected chi connectivity index (χ3v) is 6.05. The molecule has 7 heteroatoms. The lowest BCUT2D eigenvalue weighted by Gasteiger charge is -2.21. The molecular weight excluding hydrogens is 264 g/mol. The predicted molar refractivity (Wildman–Crippen MR) is 72.0 cm³/mol. The van der Waals surface area contributed by atoms with Crippen LogP contribution in [0.1, 0.15) is 31.4 Å². The average molecular weight is 284 g/mol. The van der Waals surface area contributed by atoms with E-state index >= 15 is 0 Å². The predicted octanol–water partition coefficient (Wildman–Crippen LogP) is 0.874. The molecule has 0 bridgehead atoms. The number of nitrogen functional groups attached to an aromatic ring is 1. The molecule has 106 valence electrons. The first-order valence-corrected chi connectivity index (χ1v) is 8.16. The van der Waals surface area contributed by atoms with Gasteiger partial charge in [0.1, 0.15) is 4.90 Å². The van der Waals surface area contributed by atoms with Crippen LogP contribution < -0.4 is 5.73 Å². The zero-order valence-corrected chi connectivity index (χ0v) is 12.2. The third kappa shape index (κ3) is 2.25. The van der Waals surface area contributed by atoms with Crippen molar-refractivity contribution in [1.29, 1.82) is 0 Å². The van der Waals surface area contributed by atoms with E-state index in [0.29, 0.717) is 18.2 Å². The largest absolute Gasteiger partial charge is 0.381 e. The van der Waals surface area contributed by atoms with E-state index in [9.17, 15) is 8.42 Å². The van der Waals surface area contributed by atoms with Crippen molar-refractivity contribution in [2.24, 2.45) is 13.0 Å². The summed E-state index contributed by atoms with van der Waals surface area (Å²) in [5.41, 5.74) is 6.41. The lowest BCUT2D eigenvalue weighted by molar-refractivity contribution is 0.388. The van der Waals surface area contributed by atoms with Crippen LogP contribution in [0.15, 0.2) is 4.90 Å². The van der Waals surface area contributed by atoms with Gasteiger partial charge in [-0.3, -0.25) is 4.68 Å². The van der Waals surface area contributed by atoms with E-state index in [4.69, 9.17) is 5.73 Å². The van der Waals surface area contributed by atoms with Crippen molar-refractivity contribution in [3.8, 4) is 0 Å². The van der Waals surface area contributed by atoms with E-state index in [2.05, 4.69) is 5.10 Å². The lowest BCUT2D eigenvalue weighted by atomic mass is 10.4. The minimum Gasteiger partial charge on any atom is -0.381 e. The number of hydrogen-bond acceptors (Lipinski definition) is 4. The molecule has 2 N–H and O–H groups in total. The first kappa shape index (κ1) is 12.9. The fourth-order valence-corrected chi connectivity index (χ4v) is 4.47. The molecule has 2 aliphatic carbocycles. The standard InChI is InChI=1S/C12H20N4O2S/c1-8-11(12(13)14-15(8)2)19(17,18)16(10-5-6-10)7-9-3-4-9/h9-10H,3-7H2,1-2H3,(H2,13,14). The summed E-state index contributed by atoms with van der Waals surface area (Å²) in [6.07, 6.45) is 4.21. The molecule has 6 nitrogen and oxygen atoms in total. The van der Waals surface area contributed by atoms with Crippen molar-refractivity contribution in [2.75, 3.05) is 12.3 Å². The van der Waals surface area contributed by atoms with Crippen molar-refractivity contribution in [3.63, 3.8) is 0 Å². The summed E-state index contributed by atoms with van der Waals surface area (Å²) < 4.78 is 28.8. The van der Waals surface area contributed by atoms with E-state index in [0.717, 1.165) is 25.7 Å². The molecule has 19 heavy (non-hydrogen) atoms. The van der Waals surface area contributed by atoms with Crippen LogP contribution in [0.4, 0.5) is 5.82 Å². The molecule has 0 aliphatic heterocycles. The molecule has 0 spiro atoms. The van der Waals surface area contributed by atoms with Crippen molar-refractivity contribution < 1.29 is 8.42 Å². The molecular formula is C12H20N4O2S. The molecule has 2 fully saturated rings.